The Kier molecular flexibility index (Phi) is 2.09. The van der Waals surface area contributed by atoms with Crippen molar-refractivity contribution in [3.05, 3.63) is 5.21 Å². The molecule has 0 aliphatic heterocycles. The van der Waals surface area contributed by atoms with Crippen molar-refractivity contribution in [2.24, 2.45) is 5.92 Å². The summed E-state index contributed by atoms with van der Waals surface area (Å²) in [5.74, 6) is 0.839. The monoisotopic (exact) mass is 128 g/mol. The molecule has 0 aromatic rings. The zero-order valence-corrected chi connectivity index (χ0v) is 6.13. The summed E-state index contributed by atoms with van der Waals surface area (Å²) in [6.07, 6.45) is 3.48. The van der Waals surface area contributed by atoms with E-state index in [2.05, 4.69) is 6.92 Å². The Bertz CT molecular complexity index is 86.9. The van der Waals surface area contributed by atoms with Gasteiger partial charge in [0.15, 0.2) is 0 Å². The fourth-order valence-corrected chi connectivity index (χ4v) is 1.33. The lowest BCUT2D eigenvalue weighted by Crippen LogP contribution is -2.38. The van der Waals surface area contributed by atoms with Gasteiger partial charge in [-0.1, -0.05) is 13.3 Å². The van der Waals surface area contributed by atoms with Crippen LogP contribution < -0.4 is 0 Å². The maximum Gasteiger partial charge on any atom is -0.00228 e. The van der Waals surface area contributed by atoms with E-state index in [9.17, 15) is 5.21 Å². The van der Waals surface area contributed by atoms with Gasteiger partial charge in [0, 0.05) is 0 Å². The van der Waals surface area contributed by atoms with Gasteiger partial charge in [0.05, 0.1) is 0 Å². The molecule has 0 amide bonds. The smallest absolute Gasteiger partial charge is 0.00228 e. The molecule has 0 unspecified atom stereocenters. The highest BCUT2D eigenvalue weighted by atomic mass is 16.5. The zero-order valence-electron chi connectivity index (χ0n) is 6.13. The highest BCUT2D eigenvalue weighted by Crippen LogP contribution is 2.32. The summed E-state index contributed by atoms with van der Waals surface area (Å²) in [6, 6.07) is 0.343. The molecule has 1 rings (SSSR count). The summed E-state index contributed by atoms with van der Waals surface area (Å²) in [5.41, 5.74) is 0. The van der Waals surface area contributed by atoms with Crippen LogP contribution in [0.5, 0.6) is 0 Å². The molecule has 9 heavy (non-hydrogen) atoms. The van der Waals surface area contributed by atoms with Crippen LogP contribution in [0.15, 0.2) is 0 Å². The van der Waals surface area contributed by atoms with Gasteiger partial charge in [0.1, 0.15) is 0 Å². The topological polar surface area (TPSA) is 26.3 Å². The van der Waals surface area contributed by atoms with Crippen LogP contribution in [-0.4, -0.2) is 18.2 Å². The molecule has 0 N–H and O–H groups in total. The summed E-state index contributed by atoms with van der Waals surface area (Å²) < 4.78 is 0. The molecule has 0 spiro atoms. The van der Waals surface area contributed by atoms with Crippen molar-refractivity contribution in [1.29, 1.82) is 0 Å². The van der Waals surface area contributed by atoms with Crippen molar-refractivity contribution >= 4 is 0 Å². The van der Waals surface area contributed by atoms with Crippen molar-refractivity contribution < 1.29 is 0 Å². The molecule has 2 nitrogen and oxygen atoms in total. The Hall–Kier alpha value is -0.0800. The van der Waals surface area contributed by atoms with Crippen molar-refractivity contribution in [2.45, 2.75) is 32.2 Å². The number of hydroxylamine groups is 2. The predicted octanol–water partition coefficient (Wildman–Crippen LogP) is 1.60. The van der Waals surface area contributed by atoms with Crippen LogP contribution in [0, 0.1) is 11.1 Å². The van der Waals surface area contributed by atoms with Crippen LogP contribution in [0.2, 0.25) is 0 Å². The van der Waals surface area contributed by atoms with E-state index >= 15 is 0 Å². The van der Waals surface area contributed by atoms with Crippen LogP contribution in [0.3, 0.4) is 0 Å². The van der Waals surface area contributed by atoms with E-state index in [-0.39, 0.29) is 0 Å². The Morgan fingerprint density at radius 2 is 2.11 bits per heavy atom. The molecule has 1 fully saturated rings. The fraction of sp³-hybridized carbons (Fsp3) is 1.00. The molecule has 2 heteroatoms. The number of nitrogens with zero attached hydrogens (tertiary/aromatic N) is 1. The molecule has 0 radical (unpaired) electrons. The summed E-state index contributed by atoms with van der Waals surface area (Å²) in [6.45, 7) is 2.19. The number of rotatable bonds is 2. The largest absolute Gasteiger partial charge is 0.785 e. The average Bonchev–Trinajstić information content (AvgIpc) is 1.61. The minimum Gasteiger partial charge on any atom is -0.785 e. The zero-order chi connectivity index (χ0) is 6.85. The van der Waals surface area contributed by atoms with E-state index in [0.717, 1.165) is 23.8 Å². The van der Waals surface area contributed by atoms with Gasteiger partial charge in [-0.3, -0.25) is 0 Å². The Balaban J connectivity index is 2.12. The fourth-order valence-electron chi connectivity index (χ4n) is 1.33. The maximum atomic E-state index is 10.6. The Morgan fingerprint density at radius 1 is 1.56 bits per heavy atom. The first-order valence-electron chi connectivity index (χ1n) is 3.64. The van der Waals surface area contributed by atoms with Crippen LogP contribution in [0.25, 0.3) is 0 Å². The molecule has 54 valence electrons. The van der Waals surface area contributed by atoms with Crippen LogP contribution >= 0.6 is 0 Å². The Labute approximate surface area is 56.4 Å². The predicted molar refractivity (Wildman–Crippen MR) is 37.9 cm³/mol. The lowest BCUT2D eigenvalue weighted by Gasteiger charge is -2.44. The quantitative estimate of drug-likeness (QED) is 0.528. The van der Waals surface area contributed by atoms with Crippen molar-refractivity contribution in [3.63, 3.8) is 0 Å². The van der Waals surface area contributed by atoms with Crippen molar-refractivity contribution in [3.8, 4) is 0 Å². The average molecular weight is 128 g/mol. The molecule has 1 aliphatic rings. The van der Waals surface area contributed by atoms with Gasteiger partial charge in [0.2, 0.25) is 0 Å². The van der Waals surface area contributed by atoms with Crippen LogP contribution in [-0.2, 0) is 0 Å². The number of hydrogen-bond acceptors (Lipinski definition) is 2. The van der Waals surface area contributed by atoms with Gasteiger partial charge in [0.25, 0.3) is 0 Å². The lowest BCUT2D eigenvalue weighted by atomic mass is 9.79. The Morgan fingerprint density at radius 3 is 2.44 bits per heavy atom. The molecule has 0 aromatic carbocycles. The normalized spacial score (nSPS) is 34.7. The molecule has 0 bridgehead atoms. The molecule has 0 heterocycles. The van der Waals surface area contributed by atoms with Crippen LogP contribution in [0.4, 0.5) is 0 Å². The standard InChI is InChI=1S/C7H14NO/c1-3-6-4-7(5-6)8(2)9/h6-7H,3-5H2,1-2H3/q-1. The van der Waals surface area contributed by atoms with Gasteiger partial charge in [-0.15, -0.1) is 0 Å². The summed E-state index contributed by atoms with van der Waals surface area (Å²) in [5, 5.41) is 11.7. The first kappa shape index (κ1) is 7.03. The molecule has 0 atom stereocenters. The SMILES string of the molecule is CCC1CC(N(C)[O-])C1. The summed E-state index contributed by atoms with van der Waals surface area (Å²) in [4.78, 5) is 0. The van der Waals surface area contributed by atoms with Gasteiger partial charge in [-0.25, -0.2) is 0 Å². The first-order valence-corrected chi connectivity index (χ1v) is 3.64. The third-order valence-electron chi connectivity index (χ3n) is 2.30. The van der Waals surface area contributed by atoms with Gasteiger partial charge in [-0.2, -0.15) is 0 Å². The lowest BCUT2D eigenvalue weighted by molar-refractivity contribution is 0.137. The van der Waals surface area contributed by atoms with Gasteiger partial charge < -0.3 is 10.3 Å². The highest BCUT2D eigenvalue weighted by Gasteiger charge is 2.26. The summed E-state index contributed by atoms with van der Waals surface area (Å²) >= 11 is 0. The van der Waals surface area contributed by atoms with Crippen molar-refractivity contribution in [1.82, 2.24) is 5.06 Å². The summed E-state index contributed by atoms with van der Waals surface area (Å²) in [7, 11) is 1.62. The van der Waals surface area contributed by atoms with E-state index in [0.29, 0.717) is 6.04 Å². The van der Waals surface area contributed by atoms with E-state index in [1.807, 2.05) is 0 Å². The molecule has 0 saturated heterocycles. The second-order valence-electron chi connectivity index (χ2n) is 2.95. The molecular formula is C7H14NO-. The highest BCUT2D eigenvalue weighted by molar-refractivity contribution is 4.84. The third kappa shape index (κ3) is 1.43. The molecule has 1 saturated carbocycles. The van der Waals surface area contributed by atoms with E-state index in [1.165, 1.54) is 6.42 Å². The van der Waals surface area contributed by atoms with Gasteiger partial charge in [-0.05, 0) is 31.8 Å². The number of hydrogen-bond donors (Lipinski definition) is 0. The second-order valence-corrected chi connectivity index (χ2v) is 2.95. The van der Waals surface area contributed by atoms with Crippen molar-refractivity contribution in [2.75, 3.05) is 7.05 Å². The molecular weight excluding hydrogens is 114 g/mol. The third-order valence-corrected chi connectivity index (χ3v) is 2.30. The van der Waals surface area contributed by atoms with Crippen LogP contribution in [0.1, 0.15) is 26.2 Å². The molecule has 0 aromatic heterocycles. The van der Waals surface area contributed by atoms with E-state index in [1.54, 1.807) is 7.05 Å². The minimum absolute atomic E-state index is 0.343. The maximum absolute atomic E-state index is 10.6. The minimum atomic E-state index is 0.343. The molecule has 1 aliphatic carbocycles. The van der Waals surface area contributed by atoms with E-state index < -0.39 is 0 Å². The second kappa shape index (κ2) is 2.67. The van der Waals surface area contributed by atoms with E-state index in [4.69, 9.17) is 0 Å². The van der Waals surface area contributed by atoms with Gasteiger partial charge >= 0.3 is 0 Å². The first-order chi connectivity index (χ1) is 4.24.